The van der Waals surface area contributed by atoms with E-state index in [0.29, 0.717) is 13.1 Å². The van der Waals surface area contributed by atoms with Crippen molar-refractivity contribution >= 4 is 24.8 Å². The van der Waals surface area contributed by atoms with E-state index in [-0.39, 0.29) is 55.0 Å². The van der Waals surface area contributed by atoms with Gasteiger partial charge in [0, 0.05) is 26.2 Å². The average Bonchev–Trinajstić information content (AvgIpc) is 2.71. The Morgan fingerprint density at radius 2 is 1.62 bits per heavy atom. The quantitative estimate of drug-likeness (QED) is 0.777. The van der Waals surface area contributed by atoms with Gasteiger partial charge in [-0.25, -0.2) is 0 Å². The highest BCUT2D eigenvalue weighted by molar-refractivity contribution is 5.85. The van der Waals surface area contributed by atoms with E-state index < -0.39 is 18.5 Å². The van der Waals surface area contributed by atoms with Crippen LogP contribution in [0, 0.1) is 0 Å². The third kappa shape index (κ3) is 4.33. The summed E-state index contributed by atoms with van der Waals surface area (Å²) in [5.74, 6) is -0.651. The number of halogens is 7. The van der Waals surface area contributed by atoms with Crippen LogP contribution in [0.5, 0.6) is 11.5 Å². The summed E-state index contributed by atoms with van der Waals surface area (Å²) >= 11 is 0. The standard InChI is InChI=1S/C13H13F5N2O2.2ClH/c14-12(15,16)11(20-5-3-19-4-6-20)8-1-2-9-10(7-8)22-13(17,18)21-9;;/h1-2,7,11,19H,3-6H2;2*1H/t11-;;/m0../s1. The first-order chi connectivity index (χ1) is 10.3. The molecular weight excluding hydrogens is 382 g/mol. The van der Waals surface area contributed by atoms with Crippen LogP contribution < -0.4 is 14.8 Å². The fourth-order valence-electron chi connectivity index (χ4n) is 2.68. The molecule has 1 N–H and O–H groups in total. The Hall–Kier alpha value is -1.03. The number of hydrogen-bond donors (Lipinski definition) is 1. The number of alkyl halides is 5. The monoisotopic (exact) mass is 396 g/mol. The van der Waals surface area contributed by atoms with E-state index >= 15 is 0 Å². The first-order valence-electron chi connectivity index (χ1n) is 6.67. The van der Waals surface area contributed by atoms with Gasteiger partial charge in [0.25, 0.3) is 0 Å². The highest BCUT2D eigenvalue weighted by atomic mass is 35.5. The van der Waals surface area contributed by atoms with Gasteiger partial charge in [0.1, 0.15) is 6.04 Å². The van der Waals surface area contributed by atoms with Gasteiger partial charge in [0.2, 0.25) is 0 Å². The normalized spacial score (nSPS) is 20.7. The Morgan fingerprint density at radius 3 is 2.21 bits per heavy atom. The van der Waals surface area contributed by atoms with Crippen LogP contribution in [0.15, 0.2) is 18.2 Å². The number of ether oxygens (including phenoxy) is 2. The van der Waals surface area contributed by atoms with Gasteiger partial charge in [-0.3, -0.25) is 4.90 Å². The minimum atomic E-state index is -4.52. The molecule has 0 aromatic heterocycles. The maximum Gasteiger partial charge on any atom is 0.586 e. The van der Waals surface area contributed by atoms with E-state index in [4.69, 9.17) is 0 Å². The second-order valence-corrected chi connectivity index (χ2v) is 5.10. The van der Waals surface area contributed by atoms with E-state index in [1.165, 1.54) is 4.90 Å². The number of nitrogens with zero attached hydrogens (tertiary/aromatic N) is 1. The molecule has 2 aliphatic heterocycles. The van der Waals surface area contributed by atoms with E-state index in [0.717, 1.165) is 18.2 Å². The van der Waals surface area contributed by atoms with Crippen molar-refractivity contribution in [1.82, 2.24) is 10.2 Å². The van der Waals surface area contributed by atoms with Crippen molar-refractivity contribution < 1.29 is 31.4 Å². The fraction of sp³-hybridized carbons (Fsp3) is 0.538. The van der Waals surface area contributed by atoms with E-state index in [9.17, 15) is 22.0 Å². The molecule has 24 heavy (non-hydrogen) atoms. The van der Waals surface area contributed by atoms with Crippen LogP contribution in [-0.2, 0) is 0 Å². The predicted molar refractivity (Wildman–Crippen MR) is 80.4 cm³/mol. The third-order valence-electron chi connectivity index (χ3n) is 3.57. The molecule has 0 spiro atoms. The summed E-state index contributed by atoms with van der Waals surface area (Å²) in [4.78, 5) is 1.27. The maximum absolute atomic E-state index is 13.4. The Kier molecular flexibility index (Phi) is 6.54. The van der Waals surface area contributed by atoms with Crippen molar-refractivity contribution in [1.29, 1.82) is 0 Å². The second-order valence-electron chi connectivity index (χ2n) is 5.10. The summed E-state index contributed by atoms with van der Waals surface area (Å²) in [6.07, 6.45) is -8.36. The molecule has 1 aromatic rings. The van der Waals surface area contributed by atoms with Crippen LogP contribution in [0.1, 0.15) is 11.6 Å². The van der Waals surface area contributed by atoms with Crippen LogP contribution in [0.3, 0.4) is 0 Å². The van der Waals surface area contributed by atoms with Crippen LogP contribution >= 0.6 is 24.8 Å². The van der Waals surface area contributed by atoms with Crippen molar-refractivity contribution in [2.75, 3.05) is 26.2 Å². The highest BCUT2D eigenvalue weighted by Crippen LogP contribution is 2.45. The Labute approximate surface area is 147 Å². The van der Waals surface area contributed by atoms with Gasteiger partial charge in [-0.2, -0.15) is 13.2 Å². The van der Waals surface area contributed by atoms with Crippen LogP contribution in [-0.4, -0.2) is 43.5 Å². The maximum atomic E-state index is 13.4. The van der Waals surface area contributed by atoms with Gasteiger partial charge in [-0.15, -0.1) is 33.6 Å². The van der Waals surface area contributed by atoms with Crippen LogP contribution in [0.4, 0.5) is 22.0 Å². The largest absolute Gasteiger partial charge is 0.586 e. The molecule has 138 valence electrons. The lowest BCUT2D eigenvalue weighted by atomic mass is 10.0. The second kappa shape index (κ2) is 7.47. The van der Waals surface area contributed by atoms with E-state index in [1.807, 2.05) is 0 Å². The Morgan fingerprint density at radius 1 is 1.04 bits per heavy atom. The molecule has 4 nitrogen and oxygen atoms in total. The lowest BCUT2D eigenvalue weighted by Crippen LogP contribution is -2.49. The number of benzene rings is 1. The molecule has 0 bridgehead atoms. The number of fused-ring (bicyclic) bond motifs is 1. The van der Waals surface area contributed by atoms with E-state index in [1.54, 1.807) is 0 Å². The molecule has 1 aromatic carbocycles. The molecule has 3 rings (SSSR count). The van der Waals surface area contributed by atoms with Crippen molar-refractivity contribution in [3.05, 3.63) is 23.8 Å². The lowest BCUT2D eigenvalue weighted by molar-refractivity contribution is -0.286. The minimum Gasteiger partial charge on any atom is -0.395 e. The molecule has 2 heterocycles. The number of hydrogen-bond acceptors (Lipinski definition) is 4. The molecular formula is C13H15Cl2F5N2O2. The SMILES string of the molecule is Cl.Cl.FC1(F)Oc2ccc([C@H](N3CCNCC3)C(F)(F)F)cc2O1. The summed E-state index contributed by atoms with van der Waals surface area (Å²) in [5.41, 5.74) is -0.144. The predicted octanol–water partition coefficient (Wildman–Crippen LogP) is 3.36. The summed E-state index contributed by atoms with van der Waals surface area (Å²) in [6.45, 7) is 1.31. The van der Waals surface area contributed by atoms with Crippen molar-refractivity contribution in [3.8, 4) is 11.5 Å². The van der Waals surface area contributed by atoms with Crippen molar-refractivity contribution in [3.63, 3.8) is 0 Å². The number of nitrogens with one attached hydrogen (secondary N) is 1. The first-order valence-corrected chi connectivity index (χ1v) is 6.67. The van der Waals surface area contributed by atoms with Gasteiger partial charge in [0.15, 0.2) is 11.5 Å². The molecule has 0 radical (unpaired) electrons. The Balaban J connectivity index is 0.00000144. The van der Waals surface area contributed by atoms with Crippen LogP contribution in [0.25, 0.3) is 0 Å². The van der Waals surface area contributed by atoms with Gasteiger partial charge in [-0.1, -0.05) is 6.07 Å². The molecule has 1 saturated heterocycles. The zero-order chi connectivity index (χ0) is 16.0. The minimum absolute atomic E-state index is 0. The highest BCUT2D eigenvalue weighted by Gasteiger charge is 2.47. The van der Waals surface area contributed by atoms with Crippen molar-refractivity contribution in [2.24, 2.45) is 0 Å². The molecule has 0 amide bonds. The molecule has 1 fully saturated rings. The summed E-state index contributed by atoms with van der Waals surface area (Å²) in [6, 6.07) is 1.32. The third-order valence-corrected chi connectivity index (χ3v) is 3.57. The summed E-state index contributed by atoms with van der Waals surface area (Å²) < 4.78 is 74.6. The number of rotatable bonds is 2. The van der Waals surface area contributed by atoms with Crippen molar-refractivity contribution in [2.45, 2.75) is 18.5 Å². The summed E-state index contributed by atoms with van der Waals surface area (Å²) in [7, 11) is 0. The zero-order valence-electron chi connectivity index (χ0n) is 12.1. The fourth-order valence-corrected chi connectivity index (χ4v) is 2.68. The topological polar surface area (TPSA) is 33.7 Å². The first kappa shape index (κ1) is 21.0. The smallest absolute Gasteiger partial charge is 0.395 e. The summed E-state index contributed by atoms with van der Waals surface area (Å²) in [5, 5.41) is 2.97. The molecule has 1 atom stereocenters. The average molecular weight is 397 g/mol. The molecule has 11 heteroatoms. The Bertz CT molecular complexity index is 568. The van der Waals surface area contributed by atoms with Gasteiger partial charge in [0.05, 0.1) is 0 Å². The van der Waals surface area contributed by atoms with E-state index in [2.05, 4.69) is 14.8 Å². The van der Waals surface area contributed by atoms with Crippen LogP contribution in [0.2, 0.25) is 0 Å². The van der Waals surface area contributed by atoms with Gasteiger partial charge >= 0.3 is 12.5 Å². The number of piperazine rings is 1. The zero-order valence-corrected chi connectivity index (χ0v) is 13.7. The van der Waals surface area contributed by atoms with Gasteiger partial charge in [-0.05, 0) is 17.7 Å². The molecule has 0 aliphatic carbocycles. The van der Waals surface area contributed by atoms with Gasteiger partial charge < -0.3 is 14.8 Å². The molecule has 0 unspecified atom stereocenters. The molecule has 0 saturated carbocycles. The lowest BCUT2D eigenvalue weighted by Gasteiger charge is -2.36. The molecule has 2 aliphatic rings.